The quantitative estimate of drug-likeness (QED) is 0.649. The number of carbonyl (C=O) groups is 1. The van der Waals surface area contributed by atoms with Crippen molar-refractivity contribution in [3.63, 3.8) is 0 Å². The summed E-state index contributed by atoms with van der Waals surface area (Å²) in [5.41, 5.74) is 0.165. The van der Waals surface area contributed by atoms with Gasteiger partial charge < -0.3 is 10.6 Å². The fourth-order valence-electron chi connectivity index (χ4n) is 1.87. The fraction of sp³-hybridized carbons (Fsp3) is 0.364. The number of nitro benzene ring substituents is 1. The van der Waals surface area contributed by atoms with E-state index < -0.39 is 4.92 Å². The summed E-state index contributed by atoms with van der Waals surface area (Å²) in [6, 6.07) is 3.98. The number of halogens is 1. The third kappa shape index (κ3) is 2.77. The van der Waals surface area contributed by atoms with Crippen molar-refractivity contribution in [2.75, 3.05) is 11.9 Å². The molecule has 0 radical (unpaired) electrons. The molecule has 2 rings (SSSR count). The monoisotopic (exact) mass is 269 g/mol. The summed E-state index contributed by atoms with van der Waals surface area (Å²) < 4.78 is 0. The Kier molecular flexibility index (Phi) is 3.78. The summed E-state index contributed by atoms with van der Waals surface area (Å²) in [5, 5.41) is 16.5. The van der Waals surface area contributed by atoms with Gasteiger partial charge in [-0.3, -0.25) is 14.9 Å². The van der Waals surface area contributed by atoms with E-state index in [1.807, 2.05) is 0 Å². The van der Waals surface area contributed by atoms with Crippen molar-refractivity contribution in [3.05, 3.63) is 33.3 Å². The average molecular weight is 270 g/mol. The van der Waals surface area contributed by atoms with Crippen LogP contribution < -0.4 is 10.6 Å². The Hall–Kier alpha value is -1.66. The molecule has 1 atom stereocenters. The van der Waals surface area contributed by atoms with Crippen molar-refractivity contribution >= 4 is 28.9 Å². The van der Waals surface area contributed by atoms with E-state index in [2.05, 4.69) is 10.6 Å². The molecule has 1 heterocycles. The molecule has 1 aliphatic heterocycles. The Bertz CT molecular complexity index is 486. The Balaban J connectivity index is 2.11. The molecule has 1 amide bonds. The van der Waals surface area contributed by atoms with Crippen molar-refractivity contribution < 1.29 is 9.72 Å². The van der Waals surface area contributed by atoms with Gasteiger partial charge in [0.25, 0.3) is 5.69 Å². The Morgan fingerprint density at radius 2 is 2.33 bits per heavy atom. The minimum absolute atomic E-state index is 0.0528. The first kappa shape index (κ1) is 12.8. The number of hydrogen-bond donors (Lipinski definition) is 2. The van der Waals surface area contributed by atoms with Gasteiger partial charge in [0.1, 0.15) is 5.02 Å². The lowest BCUT2D eigenvalue weighted by Crippen LogP contribution is -2.35. The number of amides is 1. The van der Waals surface area contributed by atoms with Gasteiger partial charge in [-0.15, -0.1) is 0 Å². The van der Waals surface area contributed by atoms with Crippen LogP contribution in [-0.4, -0.2) is 23.4 Å². The van der Waals surface area contributed by atoms with Crippen LogP contribution in [0.5, 0.6) is 0 Å². The molecule has 1 aromatic carbocycles. The number of hydrogen-bond acceptors (Lipinski definition) is 4. The Morgan fingerprint density at radius 1 is 1.56 bits per heavy atom. The topological polar surface area (TPSA) is 84.3 Å². The molecule has 0 bridgehead atoms. The zero-order valence-corrected chi connectivity index (χ0v) is 10.2. The highest BCUT2D eigenvalue weighted by Crippen LogP contribution is 2.27. The third-order valence-electron chi connectivity index (χ3n) is 2.79. The molecule has 7 heteroatoms. The summed E-state index contributed by atoms with van der Waals surface area (Å²) in [5.74, 6) is -0.177. The predicted octanol–water partition coefficient (Wildman–Crippen LogP) is 1.94. The van der Waals surface area contributed by atoms with Gasteiger partial charge in [-0.25, -0.2) is 0 Å². The first-order chi connectivity index (χ1) is 8.58. The number of nitrogens with one attached hydrogen (secondary N) is 2. The lowest BCUT2D eigenvalue weighted by Gasteiger charge is -2.11. The molecule has 0 spiro atoms. The SMILES string of the molecule is O=C(Nc1ccc(Cl)c([N+](=O)[O-])c1)C1CCCN1. The molecule has 0 saturated carbocycles. The zero-order chi connectivity index (χ0) is 13.1. The first-order valence-corrected chi connectivity index (χ1v) is 5.94. The molecule has 0 aromatic heterocycles. The van der Waals surface area contributed by atoms with Crippen LogP contribution in [0.25, 0.3) is 0 Å². The molecular weight excluding hydrogens is 258 g/mol. The largest absolute Gasteiger partial charge is 0.324 e. The maximum absolute atomic E-state index is 11.8. The predicted molar refractivity (Wildman–Crippen MR) is 67.8 cm³/mol. The van der Waals surface area contributed by atoms with Gasteiger partial charge in [0.2, 0.25) is 5.91 Å². The maximum atomic E-state index is 11.8. The van der Waals surface area contributed by atoms with Crippen LogP contribution in [0.2, 0.25) is 5.02 Å². The van der Waals surface area contributed by atoms with Gasteiger partial charge in [0.15, 0.2) is 0 Å². The van der Waals surface area contributed by atoms with Crippen LogP contribution in [-0.2, 0) is 4.79 Å². The summed E-state index contributed by atoms with van der Waals surface area (Å²) in [7, 11) is 0. The van der Waals surface area contributed by atoms with E-state index in [1.54, 1.807) is 6.07 Å². The first-order valence-electron chi connectivity index (χ1n) is 5.56. The van der Waals surface area contributed by atoms with Crippen LogP contribution in [0.4, 0.5) is 11.4 Å². The van der Waals surface area contributed by atoms with Gasteiger partial charge in [-0.1, -0.05) is 11.6 Å². The second kappa shape index (κ2) is 5.32. The van der Waals surface area contributed by atoms with Gasteiger partial charge in [-0.05, 0) is 31.5 Å². The zero-order valence-electron chi connectivity index (χ0n) is 9.48. The van der Waals surface area contributed by atoms with Crippen LogP contribution >= 0.6 is 11.6 Å². The Morgan fingerprint density at radius 3 is 2.94 bits per heavy atom. The molecule has 1 aliphatic rings. The summed E-state index contributed by atoms with van der Waals surface area (Å²) in [6.07, 6.45) is 1.74. The van der Waals surface area contributed by atoms with Gasteiger partial charge >= 0.3 is 0 Å². The van der Waals surface area contributed by atoms with Crippen molar-refractivity contribution in [3.8, 4) is 0 Å². The number of benzene rings is 1. The average Bonchev–Trinajstić information content (AvgIpc) is 2.85. The molecular formula is C11H12ClN3O3. The molecule has 1 unspecified atom stereocenters. The minimum Gasteiger partial charge on any atom is -0.324 e. The standard InChI is InChI=1S/C11H12ClN3O3/c12-8-4-3-7(6-10(8)15(17)18)14-11(16)9-2-1-5-13-9/h3-4,6,9,13H,1-2,5H2,(H,14,16). The van der Waals surface area contributed by atoms with Gasteiger partial charge in [0, 0.05) is 11.8 Å². The van der Waals surface area contributed by atoms with E-state index >= 15 is 0 Å². The maximum Gasteiger partial charge on any atom is 0.289 e. The lowest BCUT2D eigenvalue weighted by atomic mass is 10.2. The number of nitrogens with zero attached hydrogens (tertiary/aromatic N) is 1. The van der Waals surface area contributed by atoms with E-state index in [4.69, 9.17) is 11.6 Å². The molecule has 1 aromatic rings. The second-order valence-corrected chi connectivity index (χ2v) is 4.47. The molecule has 0 aliphatic carbocycles. The minimum atomic E-state index is -0.578. The molecule has 18 heavy (non-hydrogen) atoms. The number of anilines is 1. The van der Waals surface area contributed by atoms with Crippen molar-refractivity contribution in [2.45, 2.75) is 18.9 Å². The normalized spacial score (nSPS) is 18.6. The smallest absolute Gasteiger partial charge is 0.289 e. The fourth-order valence-corrected chi connectivity index (χ4v) is 2.05. The van der Waals surface area contributed by atoms with Gasteiger partial charge in [-0.2, -0.15) is 0 Å². The molecule has 1 saturated heterocycles. The molecule has 2 N–H and O–H groups in total. The molecule has 1 fully saturated rings. The highest BCUT2D eigenvalue weighted by molar-refractivity contribution is 6.32. The summed E-state index contributed by atoms with van der Waals surface area (Å²) in [6.45, 7) is 0.818. The van der Waals surface area contributed by atoms with E-state index in [9.17, 15) is 14.9 Å². The highest BCUT2D eigenvalue weighted by Gasteiger charge is 2.22. The van der Waals surface area contributed by atoms with Crippen molar-refractivity contribution in [1.29, 1.82) is 0 Å². The summed E-state index contributed by atoms with van der Waals surface area (Å²) in [4.78, 5) is 21.9. The molecule has 6 nitrogen and oxygen atoms in total. The number of nitro groups is 1. The summed E-state index contributed by atoms with van der Waals surface area (Å²) >= 11 is 5.69. The number of rotatable bonds is 3. The van der Waals surface area contributed by atoms with E-state index in [0.717, 1.165) is 19.4 Å². The van der Waals surface area contributed by atoms with Crippen molar-refractivity contribution in [2.24, 2.45) is 0 Å². The lowest BCUT2D eigenvalue weighted by molar-refractivity contribution is -0.384. The third-order valence-corrected chi connectivity index (χ3v) is 3.11. The van der Waals surface area contributed by atoms with E-state index in [0.29, 0.717) is 5.69 Å². The molecule has 96 valence electrons. The Labute approximate surface area is 108 Å². The van der Waals surface area contributed by atoms with Gasteiger partial charge in [0.05, 0.1) is 11.0 Å². The van der Waals surface area contributed by atoms with E-state index in [1.165, 1.54) is 12.1 Å². The van der Waals surface area contributed by atoms with Crippen LogP contribution in [0.3, 0.4) is 0 Å². The van der Waals surface area contributed by atoms with E-state index in [-0.39, 0.29) is 22.7 Å². The highest BCUT2D eigenvalue weighted by atomic mass is 35.5. The van der Waals surface area contributed by atoms with Crippen LogP contribution in [0, 0.1) is 10.1 Å². The van der Waals surface area contributed by atoms with Crippen LogP contribution in [0.15, 0.2) is 18.2 Å². The van der Waals surface area contributed by atoms with Crippen LogP contribution in [0.1, 0.15) is 12.8 Å². The second-order valence-electron chi connectivity index (χ2n) is 4.06. The van der Waals surface area contributed by atoms with Crippen molar-refractivity contribution in [1.82, 2.24) is 5.32 Å². The number of carbonyl (C=O) groups excluding carboxylic acids is 1.